The first-order valence-electron chi connectivity index (χ1n) is 5.74. The van der Waals surface area contributed by atoms with E-state index in [4.69, 9.17) is 5.73 Å². The van der Waals surface area contributed by atoms with Crippen LogP contribution in [0.3, 0.4) is 0 Å². The summed E-state index contributed by atoms with van der Waals surface area (Å²) < 4.78 is 0. The molecule has 0 aliphatic rings. The predicted octanol–water partition coefficient (Wildman–Crippen LogP) is 3.43. The monoisotopic (exact) mass is 185 g/mol. The molecule has 0 heterocycles. The standard InChI is InChI=1S/C12H27N/c1-6-7-10(4)8-11(5)12(13)9(2)3/h9-12H,6-8,13H2,1-5H3. The maximum Gasteiger partial charge on any atom is 0.00878 e. The zero-order chi connectivity index (χ0) is 10.4. The van der Waals surface area contributed by atoms with Crippen molar-refractivity contribution < 1.29 is 0 Å². The summed E-state index contributed by atoms with van der Waals surface area (Å²) in [6.45, 7) is 11.3. The molecule has 0 radical (unpaired) electrons. The summed E-state index contributed by atoms with van der Waals surface area (Å²) in [5.41, 5.74) is 6.10. The van der Waals surface area contributed by atoms with Crippen molar-refractivity contribution in [2.24, 2.45) is 23.5 Å². The van der Waals surface area contributed by atoms with Gasteiger partial charge < -0.3 is 5.73 Å². The Kier molecular flexibility index (Phi) is 6.40. The van der Waals surface area contributed by atoms with Crippen molar-refractivity contribution >= 4 is 0 Å². The van der Waals surface area contributed by atoms with Crippen LogP contribution in [0.2, 0.25) is 0 Å². The molecule has 3 unspecified atom stereocenters. The molecule has 0 spiro atoms. The molecule has 1 nitrogen and oxygen atoms in total. The normalized spacial score (nSPS) is 18.7. The highest BCUT2D eigenvalue weighted by Crippen LogP contribution is 2.21. The van der Waals surface area contributed by atoms with Crippen LogP contribution in [0.1, 0.15) is 53.9 Å². The van der Waals surface area contributed by atoms with Gasteiger partial charge in [-0.2, -0.15) is 0 Å². The van der Waals surface area contributed by atoms with Gasteiger partial charge in [0, 0.05) is 6.04 Å². The zero-order valence-electron chi connectivity index (χ0n) is 10.0. The highest BCUT2D eigenvalue weighted by Gasteiger charge is 2.18. The Hall–Kier alpha value is -0.0400. The lowest BCUT2D eigenvalue weighted by Gasteiger charge is -2.25. The van der Waals surface area contributed by atoms with Crippen LogP contribution in [0.25, 0.3) is 0 Å². The minimum atomic E-state index is 0.374. The lowest BCUT2D eigenvalue weighted by Crippen LogP contribution is -2.34. The molecule has 0 aromatic carbocycles. The summed E-state index contributed by atoms with van der Waals surface area (Å²) in [4.78, 5) is 0. The summed E-state index contributed by atoms with van der Waals surface area (Å²) in [5, 5.41) is 0. The Morgan fingerprint density at radius 2 is 1.62 bits per heavy atom. The van der Waals surface area contributed by atoms with E-state index in [1.807, 2.05) is 0 Å². The summed E-state index contributed by atoms with van der Waals surface area (Å²) in [7, 11) is 0. The SMILES string of the molecule is CCCC(C)CC(C)C(N)C(C)C. The van der Waals surface area contributed by atoms with E-state index >= 15 is 0 Å². The van der Waals surface area contributed by atoms with E-state index in [1.165, 1.54) is 19.3 Å². The number of nitrogens with two attached hydrogens (primary N) is 1. The summed E-state index contributed by atoms with van der Waals surface area (Å²) in [6.07, 6.45) is 3.92. The van der Waals surface area contributed by atoms with Crippen LogP contribution in [0.15, 0.2) is 0 Å². The minimum absolute atomic E-state index is 0.374. The molecule has 0 bridgehead atoms. The maximum atomic E-state index is 6.10. The Bertz CT molecular complexity index is 120. The van der Waals surface area contributed by atoms with E-state index in [-0.39, 0.29) is 0 Å². The van der Waals surface area contributed by atoms with Gasteiger partial charge in [-0.25, -0.2) is 0 Å². The van der Waals surface area contributed by atoms with E-state index in [0.717, 1.165) is 5.92 Å². The fourth-order valence-corrected chi connectivity index (χ4v) is 2.06. The van der Waals surface area contributed by atoms with Gasteiger partial charge in [-0.05, 0) is 24.2 Å². The van der Waals surface area contributed by atoms with Gasteiger partial charge in [0.05, 0.1) is 0 Å². The van der Waals surface area contributed by atoms with Crippen molar-refractivity contribution in [3.05, 3.63) is 0 Å². The van der Waals surface area contributed by atoms with Crippen molar-refractivity contribution in [2.45, 2.75) is 59.9 Å². The molecule has 0 aliphatic carbocycles. The van der Waals surface area contributed by atoms with E-state index in [1.54, 1.807) is 0 Å². The molecule has 13 heavy (non-hydrogen) atoms. The van der Waals surface area contributed by atoms with Gasteiger partial charge in [0.25, 0.3) is 0 Å². The molecule has 0 saturated heterocycles. The molecular formula is C12H27N. The van der Waals surface area contributed by atoms with Gasteiger partial charge in [0.2, 0.25) is 0 Å². The lowest BCUT2D eigenvalue weighted by atomic mass is 9.85. The predicted molar refractivity (Wildman–Crippen MR) is 60.7 cm³/mol. The molecule has 0 aromatic rings. The van der Waals surface area contributed by atoms with Crippen molar-refractivity contribution in [1.29, 1.82) is 0 Å². The van der Waals surface area contributed by atoms with Crippen LogP contribution < -0.4 is 5.73 Å². The topological polar surface area (TPSA) is 26.0 Å². The van der Waals surface area contributed by atoms with E-state index < -0.39 is 0 Å². The maximum absolute atomic E-state index is 6.10. The molecular weight excluding hydrogens is 158 g/mol. The summed E-state index contributed by atoms with van der Waals surface area (Å²) >= 11 is 0. The fraction of sp³-hybridized carbons (Fsp3) is 1.00. The van der Waals surface area contributed by atoms with Gasteiger partial charge in [-0.15, -0.1) is 0 Å². The van der Waals surface area contributed by atoms with Crippen molar-refractivity contribution in [3.8, 4) is 0 Å². The second-order valence-corrected chi connectivity index (χ2v) is 4.93. The average molecular weight is 185 g/mol. The fourth-order valence-electron chi connectivity index (χ4n) is 2.06. The van der Waals surface area contributed by atoms with Crippen LogP contribution in [0, 0.1) is 17.8 Å². The molecule has 0 fully saturated rings. The summed E-state index contributed by atoms with van der Waals surface area (Å²) in [5.74, 6) is 2.12. The minimum Gasteiger partial charge on any atom is -0.327 e. The number of hydrogen-bond acceptors (Lipinski definition) is 1. The van der Waals surface area contributed by atoms with Crippen LogP contribution in [0.4, 0.5) is 0 Å². The van der Waals surface area contributed by atoms with Gasteiger partial charge in [-0.3, -0.25) is 0 Å². The third-order valence-electron chi connectivity index (χ3n) is 2.98. The molecule has 0 amide bonds. The van der Waals surface area contributed by atoms with Crippen molar-refractivity contribution in [1.82, 2.24) is 0 Å². The molecule has 0 rings (SSSR count). The smallest absolute Gasteiger partial charge is 0.00878 e. The van der Waals surface area contributed by atoms with Crippen LogP contribution in [0.5, 0.6) is 0 Å². The molecule has 0 aliphatic heterocycles. The molecule has 0 saturated carbocycles. The van der Waals surface area contributed by atoms with Gasteiger partial charge in [0.1, 0.15) is 0 Å². The molecule has 1 heteroatoms. The number of rotatable bonds is 6. The first-order valence-corrected chi connectivity index (χ1v) is 5.74. The Morgan fingerprint density at radius 3 is 2.00 bits per heavy atom. The third kappa shape index (κ3) is 5.30. The molecule has 0 aromatic heterocycles. The quantitative estimate of drug-likeness (QED) is 0.674. The number of hydrogen-bond donors (Lipinski definition) is 1. The van der Waals surface area contributed by atoms with E-state index in [9.17, 15) is 0 Å². The second-order valence-electron chi connectivity index (χ2n) is 4.93. The largest absolute Gasteiger partial charge is 0.327 e. The Balaban J connectivity index is 3.77. The van der Waals surface area contributed by atoms with Crippen LogP contribution >= 0.6 is 0 Å². The van der Waals surface area contributed by atoms with Gasteiger partial charge in [0.15, 0.2) is 0 Å². The first kappa shape index (κ1) is 13.0. The highest BCUT2D eigenvalue weighted by atomic mass is 14.7. The van der Waals surface area contributed by atoms with Gasteiger partial charge >= 0.3 is 0 Å². The van der Waals surface area contributed by atoms with Crippen LogP contribution in [-0.2, 0) is 0 Å². The lowest BCUT2D eigenvalue weighted by molar-refractivity contribution is 0.298. The summed E-state index contributed by atoms with van der Waals surface area (Å²) in [6, 6.07) is 0.374. The second kappa shape index (κ2) is 6.42. The molecule has 3 atom stereocenters. The van der Waals surface area contributed by atoms with Crippen LogP contribution in [-0.4, -0.2) is 6.04 Å². The zero-order valence-corrected chi connectivity index (χ0v) is 10.0. The Labute approximate surface area is 84.1 Å². The Morgan fingerprint density at radius 1 is 1.08 bits per heavy atom. The van der Waals surface area contributed by atoms with E-state index in [0.29, 0.717) is 17.9 Å². The highest BCUT2D eigenvalue weighted by molar-refractivity contribution is 4.73. The molecule has 2 N–H and O–H groups in total. The molecule has 80 valence electrons. The first-order chi connectivity index (χ1) is 5.99. The van der Waals surface area contributed by atoms with Gasteiger partial charge in [-0.1, -0.05) is 47.5 Å². The average Bonchev–Trinajstić information content (AvgIpc) is 2.03. The van der Waals surface area contributed by atoms with Crippen molar-refractivity contribution in [2.75, 3.05) is 0 Å². The van der Waals surface area contributed by atoms with E-state index in [2.05, 4.69) is 34.6 Å². The van der Waals surface area contributed by atoms with Crippen molar-refractivity contribution in [3.63, 3.8) is 0 Å². The third-order valence-corrected chi connectivity index (χ3v) is 2.98.